The van der Waals surface area contributed by atoms with E-state index in [4.69, 9.17) is 22.6 Å². The van der Waals surface area contributed by atoms with Gasteiger partial charge in [-0.05, 0) is 52.7 Å². The highest BCUT2D eigenvalue weighted by atomic mass is 127. The Morgan fingerprint density at radius 3 is 2.80 bits per heavy atom. The lowest BCUT2D eigenvalue weighted by Gasteiger charge is -2.09. The lowest BCUT2D eigenvalue weighted by Crippen LogP contribution is -2.34. The Labute approximate surface area is 193 Å². The summed E-state index contributed by atoms with van der Waals surface area (Å²) in [7, 11) is 0. The van der Waals surface area contributed by atoms with Gasteiger partial charge in [-0.2, -0.15) is 10.4 Å². The summed E-state index contributed by atoms with van der Waals surface area (Å²) in [4.78, 5) is 28.2. The normalized spacial score (nSPS) is 13.0. The van der Waals surface area contributed by atoms with Gasteiger partial charge in [0.1, 0.15) is 11.8 Å². The molecule has 11 heteroatoms. The number of benzene rings is 1. The molecule has 1 aromatic carbocycles. The summed E-state index contributed by atoms with van der Waals surface area (Å²) in [6.07, 6.45) is 3.39. The molecule has 1 amide bonds. The van der Waals surface area contributed by atoms with Gasteiger partial charge < -0.3 is 11.1 Å². The van der Waals surface area contributed by atoms with Crippen LogP contribution in [0.2, 0.25) is 5.02 Å². The zero-order valence-electron chi connectivity index (χ0n) is 16.2. The van der Waals surface area contributed by atoms with Crippen LogP contribution in [-0.2, 0) is 0 Å². The second kappa shape index (κ2) is 11.2. The van der Waals surface area contributed by atoms with Crippen LogP contribution < -0.4 is 11.1 Å². The molecule has 1 aromatic heterocycles. The SMILES string of the molecule is CC(=O)c1cc(C(=O)N[C@@H](C)CN=CC=C(N)c2ccc(C#N)c(Cl)c2)nn1PI. The lowest BCUT2D eigenvalue weighted by molar-refractivity contribution is 0.0935. The summed E-state index contributed by atoms with van der Waals surface area (Å²) in [5, 5.41) is 16.2. The predicted molar refractivity (Wildman–Crippen MR) is 129 cm³/mol. The summed E-state index contributed by atoms with van der Waals surface area (Å²) in [6, 6.07) is 8.16. The van der Waals surface area contributed by atoms with Crippen molar-refractivity contribution in [3.05, 3.63) is 57.9 Å². The van der Waals surface area contributed by atoms with Crippen molar-refractivity contribution >= 4 is 63.6 Å². The molecule has 0 spiro atoms. The molecule has 2 atom stereocenters. The highest BCUT2D eigenvalue weighted by Gasteiger charge is 2.17. The van der Waals surface area contributed by atoms with Gasteiger partial charge in [-0.1, -0.05) is 17.7 Å². The van der Waals surface area contributed by atoms with E-state index in [1.165, 1.54) is 17.4 Å². The van der Waals surface area contributed by atoms with Crippen LogP contribution in [0.4, 0.5) is 0 Å². The van der Waals surface area contributed by atoms with Crippen molar-refractivity contribution < 1.29 is 9.59 Å². The van der Waals surface area contributed by atoms with E-state index in [9.17, 15) is 9.59 Å². The van der Waals surface area contributed by atoms with Crippen LogP contribution >= 0.6 is 40.0 Å². The number of amides is 1. The summed E-state index contributed by atoms with van der Waals surface area (Å²) >= 11 is 8.11. The molecule has 8 nitrogen and oxygen atoms in total. The third kappa shape index (κ3) is 6.36. The molecular formula is C19H19ClIN6O2P. The van der Waals surface area contributed by atoms with Gasteiger partial charge in [-0.25, -0.2) is 4.45 Å². The molecule has 0 aliphatic rings. The molecule has 0 aliphatic heterocycles. The van der Waals surface area contributed by atoms with Gasteiger partial charge >= 0.3 is 0 Å². The third-order valence-corrected chi connectivity index (χ3v) is 6.11. The zero-order valence-corrected chi connectivity index (χ0v) is 20.1. The van der Waals surface area contributed by atoms with E-state index >= 15 is 0 Å². The Kier molecular flexibility index (Phi) is 8.96. The number of nitriles is 1. The van der Waals surface area contributed by atoms with E-state index in [2.05, 4.69) is 37.4 Å². The molecular weight excluding hydrogens is 538 g/mol. The van der Waals surface area contributed by atoms with Gasteiger partial charge in [0.2, 0.25) is 0 Å². The average Bonchev–Trinajstić information content (AvgIpc) is 3.16. The molecule has 2 rings (SSSR count). The Morgan fingerprint density at radius 1 is 1.50 bits per heavy atom. The van der Waals surface area contributed by atoms with Gasteiger partial charge in [0.25, 0.3) is 5.91 Å². The fourth-order valence-electron chi connectivity index (χ4n) is 2.38. The molecule has 1 heterocycles. The fourth-order valence-corrected chi connectivity index (χ4v) is 4.17. The van der Waals surface area contributed by atoms with Crippen LogP contribution in [0.15, 0.2) is 35.3 Å². The number of hydrogen-bond acceptors (Lipinski definition) is 6. The van der Waals surface area contributed by atoms with Crippen LogP contribution in [0.1, 0.15) is 46.0 Å². The molecule has 0 fully saturated rings. The Balaban J connectivity index is 1.94. The number of Topliss-reactive ketones (excluding diaryl/α,β-unsaturated/α-hetero) is 1. The Bertz CT molecular complexity index is 1060. The first kappa shape index (κ1) is 24.0. The quantitative estimate of drug-likeness (QED) is 0.222. The Hall–Kier alpha value is -2.28. The number of aromatic nitrogens is 2. The number of nitrogens with two attached hydrogens (primary N) is 1. The standard InChI is InChI=1S/C19H19ClIN6O2P/c1-11(25-19(29)17-8-18(12(2)28)27(26-17)30-21)10-24-6-5-16(23)13-3-4-14(9-22)15(20)7-13/h3-8,11,30H,10,23H2,1-2H3,(H,25,29)/t11-/m0/s1. The van der Waals surface area contributed by atoms with E-state index in [0.29, 0.717) is 34.1 Å². The number of nitrogens with zero attached hydrogens (tertiary/aromatic N) is 4. The van der Waals surface area contributed by atoms with E-state index < -0.39 is 0 Å². The monoisotopic (exact) mass is 556 g/mol. The molecule has 0 aliphatic carbocycles. The number of hydrogen-bond donors (Lipinski definition) is 2. The van der Waals surface area contributed by atoms with Crippen molar-refractivity contribution in [1.29, 1.82) is 5.26 Å². The highest BCUT2D eigenvalue weighted by molar-refractivity contribution is 14.2. The third-order valence-electron chi connectivity index (χ3n) is 3.92. The van der Waals surface area contributed by atoms with Crippen molar-refractivity contribution in [1.82, 2.24) is 14.9 Å². The maximum absolute atomic E-state index is 12.4. The second-order valence-corrected chi connectivity index (χ2v) is 8.73. The number of halogens is 2. The van der Waals surface area contributed by atoms with Crippen molar-refractivity contribution in [2.45, 2.75) is 19.9 Å². The average molecular weight is 557 g/mol. The first-order valence-corrected chi connectivity index (χ1v) is 13.1. The molecule has 0 saturated heterocycles. The van der Waals surface area contributed by atoms with E-state index in [-0.39, 0.29) is 29.8 Å². The van der Waals surface area contributed by atoms with Crippen molar-refractivity contribution in [3.63, 3.8) is 0 Å². The van der Waals surface area contributed by atoms with Gasteiger partial charge in [0.05, 0.1) is 23.5 Å². The number of ketones is 1. The number of allylic oxidation sites excluding steroid dienone is 1. The molecule has 156 valence electrons. The summed E-state index contributed by atoms with van der Waals surface area (Å²) in [5.41, 5.74) is 8.11. The summed E-state index contributed by atoms with van der Waals surface area (Å²) < 4.78 is 1.52. The number of aliphatic imine (C=N–C) groups is 1. The molecule has 0 bridgehead atoms. The first-order chi connectivity index (χ1) is 14.3. The van der Waals surface area contributed by atoms with E-state index in [1.54, 1.807) is 30.5 Å². The first-order valence-electron chi connectivity index (χ1n) is 8.71. The number of rotatable bonds is 8. The van der Waals surface area contributed by atoms with E-state index in [1.807, 2.05) is 13.0 Å². The minimum absolute atomic E-state index is 0.142. The van der Waals surface area contributed by atoms with Gasteiger partial charge in [0, 0.05) is 30.9 Å². The zero-order chi connectivity index (χ0) is 22.3. The van der Waals surface area contributed by atoms with Gasteiger partial charge in [-0.15, -0.1) is 0 Å². The van der Waals surface area contributed by atoms with Crippen LogP contribution in [0, 0.1) is 11.3 Å². The van der Waals surface area contributed by atoms with Crippen LogP contribution in [-0.4, -0.2) is 40.0 Å². The van der Waals surface area contributed by atoms with Crippen LogP contribution in [0.5, 0.6) is 0 Å². The molecule has 1 unspecified atom stereocenters. The minimum atomic E-state index is -0.365. The van der Waals surface area contributed by atoms with Crippen molar-refractivity contribution in [2.75, 3.05) is 6.54 Å². The molecule has 0 saturated carbocycles. The smallest absolute Gasteiger partial charge is 0.272 e. The van der Waals surface area contributed by atoms with Gasteiger partial charge in [-0.3, -0.25) is 14.6 Å². The Morgan fingerprint density at radius 2 is 2.23 bits per heavy atom. The van der Waals surface area contributed by atoms with Crippen molar-refractivity contribution in [2.24, 2.45) is 10.7 Å². The number of carbonyl (C=O) groups is 2. The molecule has 0 radical (unpaired) electrons. The highest BCUT2D eigenvalue weighted by Crippen LogP contribution is 2.26. The molecule has 2 aromatic rings. The fraction of sp³-hybridized carbons (Fsp3) is 0.211. The topological polar surface area (TPSA) is 126 Å². The minimum Gasteiger partial charge on any atom is -0.398 e. The maximum Gasteiger partial charge on any atom is 0.272 e. The van der Waals surface area contributed by atoms with E-state index in [0.717, 1.165) is 0 Å². The van der Waals surface area contributed by atoms with Crippen LogP contribution in [0.3, 0.4) is 0 Å². The maximum atomic E-state index is 12.4. The van der Waals surface area contributed by atoms with Crippen molar-refractivity contribution in [3.8, 4) is 6.07 Å². The second-order valence-electron chi connectivity index (χ2n) is 6.28. The molecule has 3 N–H and O–H groups in total. The number of carbonyl (C=O) groups excluding carboxylic acids is 2. The number of nitrogens with one attached hydrogen (secondary N) is 1. The van der Waals surface area contributed by atoms with Gasteiger partial charge in [0.15, 0.2) is 11.5 Å². The largest absolute Gasteiger partial charge is 0.398 e. The lowest BCUT2D eigenvalue weighted by atomic mass is 10.1. The summed E-state index contributed by atoms with van der Waals surface area (Å²) in [6.45, 7) is 3.58. The summed E-state index contributed by atoms with van der Waals surface area (Å²) in [5.74, 6) is -0.507. The molecule has 30 heavy (non-hydrogen) atoms. The predicted octanol–water partition coefficient (Wildman–Crippen LogP) is 3.59. The van der Waals surface area contributed by atoms with Crippen LogP contribution in [0.25, 0.3) is 5.70 Å².